The van der Waals surface area contributed by atoms with Crippen molar-refractivity contribution in [1.82, 2.24) is 14.9 Å². The number of rotatable bonds is 7. The lowest BCUT2D eigenvalue weighted by Gasteiger charge is -2.26. The molecule has 30 heavy (non-hydrogen) atoms. The second kappa shape index (κ2) is 9.42. The lowest BCUT2D eigenvalue weighted by molar-refractivity contribution is 0.0358. The van der Waals surface area contributed by atoms with Crippen LogP contribution in [0.5, 0.6) is 11.5 Å². The smallest absolute Gasteiger partial charge is 0.145 e. The minimum absolute atomic E-state index is 0.00981. The number of nitrogens with zero attached hydrogens (tertiary/aromatic N) is 3. The van der Waals surface area contributed by atoms with Crippen LogP contribution in [0.3, 0.4) is 0 Å². The van der Waals surface area contributed by atoms with Gasteiger partial charge in [0.05, 0.1) is 35.7 Å². The highest BCUT2D eigenvalue weighted by molar-refractivity contribution is 6.31. The van der Waals surface area contributed by atoms with E-state index < -0.39 is 5.82 Å². The molecule has 1 aliphatic rings. The monoisotopic (exact) mass is 432 g/mol. The summed E-state index contributed by atoms with van der Waals surface area (Å²) in [6, 6.07) is 7.42. The van der Waals surface area contributed by atoms with E-state index in [4.69, 9.17) is 21.1 Å². The number of morpholine rings is 1. The average Bonchev–Trinajstić information content (AvgIpc) is 2.74. The number of aromatic hydroxyl groups is 1. The topological polar surface area (TPSA) is 79.7 Å². The molecule has 0 radical (unpaired) electrons. The Labute approximate surface area is 178 Å². The van der Waals surface area contributed by atoms with Gasteiger partial charge >= 0.3 is 0 Å². The summed E-state index contributed by atoms with van der Waals surface area (Å²) in [5.74, 6) is 0.512. The molecule has 1 saturated heterocycles. The summed E-state index contributed by atoms with van der Waals surface area (Å²) in [4.78, 5) is 10.9. The molecule has 9 heteroatoms. The Morgan fingerprint density at radius 3 is 2.83 bits per heavy atom. The van der Waals surface area contributed by atoms with Gasteiger partial charge in [-0.3, -0.25) is 4.90 Å². The standard InChI is InChI=1S/C21H22ClFN4O3/c22-16-10-14(2-3-17(16)23)26-21-20-18(24-13-25-21)11-15(28)12-19(20)30-7-1-4-27-5-8-29-9-6-27/h2-3,10-13,28H,1,4-9H2,(H,24,25,26). The Bertz CT molecular complexity index is 1030. The first-order valence-corrected chi connectivity index (χ1v) is 10.1. The molecule has 0 atom stereocenters. The van der Waals surface area contributed by atoms with Crippen molar-refractivity contribution in [3.05, 3.63) is 47.5 Å². The van der Waals surface area contributed by atoms with Crippen LogP contribution in [0.2, 0.25) is 5.02 Å². The number of halogens is 2. The van der Waals surface area contributed by atoms with Crippen molar-refractivity contribution in [2.24, 2.45) is 0 Å². The molecule has 7 nitrogen and oxygen atoms in total. The summed E-state index contributed by atoms with van der Waals surface area (Å²) in [7, 11) is 0. The number of ether oxygens (including phenoxy) is 2. The third kappa shape index (κ3) is 4.89. The second-order valence-electron chi connectivity index (χ2n) is 6.97. The van der Waals surface area contributed by atoms with Crippen LogP contribution in [0.4, 0.5) is 15.9 Å². The molecule has 2 aromatic carbocycles. The lowest BCUT2D eigenvalue weighted by Crippen LogP contribution is -2.37. The molecule has 2 N–H and O–H groups in total. The van der Waals surface area contributed by atoms with E-state index in [2.05, 4.69) is 20.2 Å². The first-order valence-electron chi connectivity index (χ1n) is 9.73. The van der Waals surface area contributed by atoms with Crippen LogP contribution >= 0.6 is 11.6 Å². The third-order valence-electron chi connectivity index (χ3n) is 4.85. The maximum Gasteiger partial charge on any atom is 0.145 e. The Hall–Kier alpha value is -2.68. The second-order valence-corrected chi connectivity index (χ2v) is 7.38. The molecule has 0 amide bonds. The van der Waals surface area contributed by atoms with Crippen LogP contribution in [0.1, 0.15) is 6.42 Å². The van der Waals surface area contributed by atoms with Crippen molar-refractivity contribution in [3.63, 3.8) is 0 Å². The van der Waals surface area contributed by atoms with Crippen LogP contribution in [0, 0.1) is 5.82 Å². The minimum Gasteiger partial charge on any atom is -0.508 e. The van der Waals surface area contributed by atoms with Crippen LogP contribution in [-0.4, -0.2) is 59.4 Å². The molecule has 0 saturated carbocycles. The van der Waals surface area contributed by atoms with Crippen LogP contribution < -0.4 is 10.1 Å². The van der Waals surface area contributed by atoms with Crippen LogP contribution in [0.25, 0.3) is 10.9 Å². The summed E-state index contributed by atoms with van der Waals surface area (Å²) < 4.78 is 24.8. The van der Waals surface area contributed by atoms with Gasteiger partial charge in [0.1, 0.15) is 29.5 Å². The fourth-order valence-corrected chi connectivity index (χ4v) is 3.53. The number of phenols is 1. The van der Waals surface area contributed by atoms with Gasteiger partial charge in [-0.25, -0.2) is 14.4 Å². The molecule has 3 aromatic rings. The van der Waals surface area contributed by atoms with Crippen molar-refractivity contribution in [1.29, 1.82) is 0 Å². The lowest BCUT2D eigenvalue weighted by atomic mass is 10.2. The molecular weight excluding hydrogens is 411 g/mol. The zero-order valence-corrected chi connectivity index (χ0v) is 17.0. The molecule has 158 valence electrons. The van der Waals surface area contributed by atoms with Gasteiger partial charge in [0.25, 0.3) is 0 Å². The number of anilines is 2. The van der Waals surface area contributed by atoms with E-state index in [1.54, 1.807) is 18.2 Å². The van der Waals surface area contributed by atoms with E-state index in [9.17, 15) is 9.50 Å². The molecule has 0 aliphatic carbocycles. The molecule has 0 unspecified atom stereocenters. The fraction of sp³-hybridized carbons (Fsp3) is 0.333. The first-order chi connectivity index (χ1) is 14.6. The maximum atomic E-state index is 13.5. The largest absolute Gasteiger partial charge is 0.508 e. The predicted octanol–water partition coefficient (Wildman–Crippen LogP) is 3.97. The SMILES string of the molecule is Oc1cc(OCCCN2CCOCC2)c2c(Nc3ccc(F)c(Cl)c3)ncnc2c1. The van der Waals surface area contributed by atoms with Crippen LogP contribution in [0.15, 0.2) is 36.7 Å². The van der Waals surface area contributed by atoms with Crippen LogP contribution in [-0.2, 0) is 4.74 Å². The minimum atomic E-state index is -0.496. The number of hydrogen-bond acceptors (Lipinski definition) is 7. The number of phenolic OH excluding ortho intramolecular Hbond substituents is 1. The zero-order valence-electron chi connectivity index (χ0n) is 16.3. The summed E-state index contributed by atoms with van der Waals surface area (Å²) in [6.45, 7) is 4.77. The summed E-state index contributed by atoms with van der Waals surface area (Å²) in [5.41, 5.74) is 1.11. The molecule has 0 spiro atoms. The average molecular weight is 433 g/mol. The quantitative estimate of drug-likeness (QED) is 0.547. The van der Waals surface area contributed by atoms with Crippen molar-refractivity contribution < 1.29 is 19.0 Å². The van der Waals surface area contributed by atoms with Crippen molar-refractivity contribution in [2.45, 2.75) is 6.42 Å². The van der Waals surface area contributed by atoms with Gasteiger partial charge in [-0.15, -0.1) is 0 Å². The van der Waals surface area contributed by atoms with Gasteiger partial charge in [-0.1, -0.05) is 11.6 Å². The van der Waals surface area contributed by atoms with E-state index in [0.29, 0.717) is 34.8 Å². The fourth-order valence-electron chi connectivity index (χ4n) is 3.35. The first kappa shape index (κ1) is 20.6. The Morgan fingerprint density at radius 2 is 2.03 bits per heavy atom. The number of fused-ring (bicyclic) bond motifs is 1. The molecule has 4 rings (SSSR count). The highest BCUT2D eigenvalue weighted by atomic mass is 35.5. The van der Waals surface area contributed by atoms with Gasteiger partial charge < -0.3 is 19.9 Å². The molecule has 1 aliphatic heterocycles. The van der Waals surface area contributed by atoms with Gasteiger partial charge in [-0.05, 0) is 24.6 Å². The number of benzene rings is 2. The van der Waals surface area contributed by atoms with Crippen molar-refractivity contribution in [3.8, 4) is 11.5 Å². The molecule has 0 bridgehead atoms. The maximum absolute atomic E-state index is 13.5. The normalized spacial score (nSPS) is 14.7. The van der Waals surface area contributed by atoms with E-state index in [0.717, 1.165) is 39.3 Å². The molecule has 2 heterocycles. The Morgan fingerprint density at radius 1 is 1.20 bits per heavy atom. The molecular formula is C21H22ClFN4O3. The number of hydrogen-bond donors (Lipinski definition) is 2. The highest BCUT2D eigenvalue weighted by Crippen LogP contribution is 2.35. The predicted molar refractivity (Wildman–Crippen MR) is 113 cm³/mol. The van der Waals surface area contributed by atoms with Crippen molar-refractivity contribution in [2.75, 3.05) is 44.8 Å². The number of nitrogens with one attached hydrogen (secondary N) is 1. The summed E-state index contributed by atoms with van der Waals surface area (Å²) in [6.07, 6.45) is 2.22. The summed E-state index contributed by atoms with van der Waals surface area (Å²) >= 11 is 5.88. The highest BCUT2D eigenvalue weighted by Gasteiger charge is 2.14. The Balaban J connectivity index is 1.53. The van der Waals surface area contributed by atoms with Crippen molar-refractivity contribution >= 4 is 34.0 Å². The molecule has 1 aromatic heterocycles. The van der Waals surface area contributed by atoms with Gasteiger partial charge in [0.2, 0.25) is 0 Å². The number of aromatic nitrogens is 2. The van der Waals surface area contributed by atoms with E-state index in [1.165, 1.54) is 18.5 Å². The van der Waals surface area contributed by atoms with Gasteiger partial charge in [0, 0.05) is 37.5 Å². The third-order valence-corrected chi connectivity index (χ3v) is 5.14. The zero-order chi connectivity index (χ0) is 20.9. The molecule has 1 fully saturated rings. The van der Waals surface area contributed by atoms with E-state index >= 15 is 0 Å². The van der Waals surface area contributed by atoms with E-state index in [-0.39, 0.29) is 10.8 Å². The van der Waals surface area contributed by atoms with E-state index in [1.807, 2.05) is 0 Å². The summed E-state index contributed by atoms with van der Waals surface area (Å²) in [5, 5.41) is 13.8. The van der Waals surface area contributed by atoms with Gasteiger partial charge in [0.15, 0.2) is 0 Å². The van der Waals surface area contributed by atoms with Gasteiger partial charge in [-0.2, -0.15) is 0 Å². The Kier molecular flexibility index (Phi) is 6.47.